The van der Waals surface area contributed by atoms with E-state index < -0.39 is 5.41 Å². The Balaban J connectivity index is 1.32. The lowest BCUT2D eigenvalue weighted by Crippen LogP contribution is -2.42. The number of para-hydroxylation sites is 1. The van der Waals surface area contributed by atoms with E-state index in [4.69, 9.17) is 14.0 Å². The maximum absolute atomic E-state index is 13.6. The number of aryl methyl sites for hydroxylation is 1. The van der Waals surface area contributed by atoms with E-state index in [-0.39, 0.29) is 12.7 Å². The SMILES string of the molecule is O=C(N1CCCc2ccccc21)C1(c2cc(-c3ccc4c(c3)OCO4)on2)CC1. The molecule has 0 bridgehead atoms. The third-order valence-corrected chi connectivity index (χ3v) is 6.17. The molecule has 3 aromatic rings. The van der Waals surface area contributed by atoms with Crippen LogP contribution in [-0.4, -0.2) is 24.4 Å². The molecule has 1 aliphatic carbocycles. The van der Waals surface area contributed by atoms with E-state index in [1.807, 2.05) is 47.4 Å². The Morgan fingerprint density at radius 1 is 1.03 bits per heavy atom. The van der Waals surface area contributed by atoms with Gasteiger partial charge in [0.1, 0.15) is 0 Å². The molecule has 6 nitrogen and oxygen atoms in total. The highest BCUT2D eigenvalue weighted by Gasteiger charge is 2.56. The van der Waals surface area contributed by atoms with Crippen molar-refractivity contribution in [3.8, 4) is 22.8 Å². The summed E-state index contributed by atoms with van der Waals surface area (Å²) in [5.74, 6) is 2.19. The maximum Gasteiger partial charge on any atom is 0.239 e. The van der Waals surface area contributed by atoms with Crippen molar-refractivity contribution >= 4 is 11.6 Å². The average Bonchev–Trinajstić information content (AvgIpc) is 3.20. The van der Waals surface area contributed by atoms with Crippen molar-refractivity contribution in [2.45, 2.75) is 31.1 Å². The molecule has 0 saturated heterocycles. The minimum atomic E-state index is -0.567. The standard InChI is InChI=1S/C23H20N2O4/c26-22(25-11-3-5-15-4-1-2-6-17(15)25)23(9-10-23)21-13-19(29-24-21)16-7-8-18-20(12-16)28-14-27-18/h1-2,4,6-8,12-13H,3,5,9-11,14H2. The second-order valence-corrected chi connectivity index (χ2v) is 7.92. The lowest BCUT2D eigenvalue weighted by Gasteiger charge is -2.32. The normalized spacial score (nSPS) is 18.4. The Morgan fingerprint density at radius 2 is 1.90 bits per heavy atom. The van der Waals surface area contributed by atoms with Gasteiger partial charge < -0.3 is 18.9 Å². The van der Waals surface area contributed by atoms with Crippen LogP contribution in [0.5, 0.6) is 11.5 Å². The first kappa shape index (κ1) is 16.7. The number of hydrogen-bond acceptors (Lipinski definition) is 5. The molecule has 0 atom stereocenters. The summed E-state index contributed by atoms with van der Waals surface area (Å²) in [6, 6.07) is 15.8. The molecule has 3 aliphatic rings. The molecule has 146 valence electrons. The summed E-state index contributed by atoms with van der Waals surface area (Å²) in [6.45, 7) is 0.986. The van der Waals surface area contributed by atoms with Crippen LogP contribution in [0.4, 0.5) is 5.69 Å². The third kappa shape index (κ3) is 2.55. The van der Waals surface area contributed by atoms with Gasteiger partial charge in [-0.3, -0.25) is 4.79 Å². The fourth-order valence-electron chi connectivity index (χ4n) is 4.39. The third-order valence-electron chi connectivity index (χ3n) is 6.17. The molecule has 1 aromatic heterocycles. The number of aromatic nitrogens is 1. The number of ether oxygens (including phenoxy) is 2. The van der Waals surface area contributed by atoms with Crippen LogP contribution in [0.2, 0.25) is 0 Å². The molecule has 1 fully saturated rings. The lowest BCUT2D eigenvalue weighted by atomic mass is 9.95. The quantitative estimate of drug-likeness (QED) is 0.676. The van der Waals surface area contributed by atoms with Crippen LogP contribution < -0.4 is 14.4 Å². The van der Waals surface area contributed by atoms with Crippen LogP contribution in [0.3, 0.4) is 0 Å². The van der Waals surface area contributed by atoms with E-state index in [1.54, 1.807) is 0 Å². The molecule has 2 aliphatic heterocycles. The van der Waals surface area contributed by atoms with Gasteiger partial charge in [-0.1, -0.05) is 23.4 Å². The Labute approximate surface area is 168 Å². The summed E-state index contributed by atoms with van der Waals surface area (Å²) in [5, 5.41) is 4.30. The average molecular weight is 388 g/mol. The monoisotopic (exact) mass is 388 g/mol. The summed E-state index contributed by atoms with van der Waals surface area (Å²) in [6.07, 6.45) is 3.61. The van der Waals surface area contributed by atoms with Crippen LogP contribution in [0.1, 0.15) is 30.5 Å². The zero-order valence-electron chi connectivity index (χ0n) is 15.9. The zero-order valence-corrected chi connectivity index (χ0v) is 15.9. The van der Waals surface area contributed by atoms with Crippen molar-refractivity contribution in [3.63, 3.8) is 0 Å². The molecule has 0 unspecified atom stereocenters. The van der Waals surface area contributed by atoms with Crippen molar-refractivity contribution in [3.05, 3.63) is 59.8 Å². The molecule has 3 heterocycles. The van der Waals surface area contributed by atoms with Gasteiger partial charge in [0.15, 0.2) is 17.3 Å². The summed E-state index contributed by atoms with van der Waals surface area (Å²) in [4.78, 5) is 15.5. The number of nitrogens with zero attached hydrogens (tertiary/aromatic N) is 2. The molecule has 0 N–H and O–H groups in total. The molecule has 6 heteroatoms. The molecular formula is C23H20N2O4. The number of carbonyl (C=O) groups excluding carboxylic acids is 1. The minimum absolute atomic E-state index is 0.134. The van der Waals surface area contributed by atoms with Crippen LogP contribution in [0.15, 0.2) is 53.1 Å². The zero-order chi connectivity index (χ0) is 19.4. The lowest BCUT2D eigenvalue weighted by molar-refractivity contribution is -0.121. The van der Waals surface area contributed by atoms with Crippen molar-refractivity contribution in [1.82, 2.24) is 5.16 Å². The summed E-state index contributed by atoms with van der Waals surface area (Å²) in [7, 11) is 0. The number of carbonyl (C=O) groups is 1. The summed E-state index contributed by atoms with van der Waals surface area (Å²) < 4.78 is 16.4. The van der Waals surface area contributed by atoms with Gasteiger partial charge in [0, 0.05) is 23.9 Å². The molecule has 0 radical (unpaired) electrons. The molecule has 1 amide bonds. The van der Waals surface area contributed by atoms with Gasteiger partial charge >= 0.3 is 0 Å². The van der Waals surface area contributed by atoms with Gasteiger partial charge in [-0.25, -0.2) is 0 Å². The van der Waals surface area contributed by atoms with Crippen molar-refractivity contribution in [1.29, 1.82) is 0 Å². The Kier molecular flexibility index (Phi) is 3.51. The van der Waals surface area contributed by atoms with Gasteiger partial charge in [0.05, 0.1) is 11.1 Å². The first-order valence-corrected chi connectivity index (χ1v) is 10.0. The maximum atomic E-state index is 13.6. The Hall–Kier alpha value is -3.28. The second-order valence-electron chi connectivity index (χ2n) is 7.92. The molecule has 2 aromatic carbocycles. The smallest absolute Gasteiger partial charge is 0.239 e. The minimum Gasteiger partial charge on any atom is -0.454 e. The fraction of sp³-hybridized carbons (Fsp3) is 0.304. The summed E-state index contributed by atoms with van der Waals surface area (Å²) in [5.41, 5.74) is 3.29. The first-order valence-electron chi connectivity index (χ1n) is 10.0. The van der Waals surface area contributed by atoms with E-state index >= 15 is 0 Å². The van der Waals surface area contributed by atoms with Crippen LogP contribution in [0.25, 0.3) is 11.3 Å². The fourth-order valence-corrected chi connectivity index (χ4v) is 4.39. The highest BCUT2D eigenvalue weighted by Crippen LogP contribution is 2.51. The van der Waals surface area contributed by atoms with E-state index in [0.717, 1.165) is 54.9 Å². The number of amides is 1. The predicted octanol–water partition coefficient (Wildman–Crippen LogP) is 4.08. The Bertz CT molecular complexity index is 1120. The molecule has 0 spiro atoms. The molecular weight excluding hydrogens is 368 g/mol. The first-order chi connectivity index (χ1) is 14.2. The van der Waals surface area contributed by atoms with Gasteiger partial charge in [-0.05, 0) is 55.5 Å². The largest absolute Gasteiger partial charge is 0.454 e. The van der Waals surface area contributed by atoms with E-state index in [9.17, 15) is 4.79 Å². The van der Waals surface area contributed by atoms with E-state index in [2.05, 4.69) is 11.2 Å². The van der Waals surface area contributed by atoms with E-state index in [1.165, 1.54) is 5.56 Å². The van der Waals surface area contributed by atoms with Gasteiger partial charge in [0.25, 0.3) is 0 Å². The van der Waals surface area contributed by atoms with Gasteiger partial charge in [-0.2, -0.15) is 0 Å². The van der Waals surface area contributed by atoms with Crippen molar-refractivity contribution in [2.75, 3.05) is 18.2 Å². The van der Waals surface area contributed by atoms with Crippen LogP contribution in [-0.2, 0) is 16.6 Å². The van der Waals surface area contributed by atoms with Gasteiger partial charge in [-0.15, -0.1) is 0 Å². The van der Waals surface area contributed by atoms with Crippen LogP contribution in [0, 0.1) is 0 Å². The second kappa shape index (κ2) is 6.11. The highest BCUT2D eigenvalue weighted by atomic mass is 16.7. The molecule has 1 saturated carbocycles. The topological polar surface area (TPSA) is 64.8 Å². The van der Waals surface area contributed by atoms with Crippen LogP contribution >= 0.6 is 0 Å². The molecule has 6 rings (SSSR count). The van der Waals surface area contributed by atoms with Crippen molar-refractivity contribution in [2.24, 2.45) is 0 Å². The number of anilines is 1. The number of hydrogen-bond donors (Lipinski definition) is 0. The van der Waals surface area contributed by atoms with Crippen molar-refractivity contribution < 1.29 is 18.8 Å². The Morgan fingerprint density at radius 3 is 2.79 bits per heavy atom. The van der Waals surface area contributed by atoms with Gasteiger partial charge in [0.2, 0.25) is 12.7 Å². The highest BCUT2D eigenvalue weighted by molar-refractivity contribution is 6.03. The number of benzene rings is 2. The van der Waals surface area contributed by atoms with E-state index in [0.29, 0.717) is 11.5 Å². The molecule has 29 heavy (non-hydrogen) atoms. The number of fused-ring (bicyclic) bond motifs is 2. The number of rotatable bonds is 3. The summed E-state index contributed by atoms with van der Waals surface area (Å²) >= 11 is 0. The predicted molar refractivity (Wildman–Crippen MR) is 106 cm³/mol.